The number of anilines is 1. The largest absolute Gasteiger partial charge is 0.336 e. The zero-order chi connectivity index (χ0) is 19.8. The third-order valence-corrected chi connectivity index (χ3v) is 4.37. The summed E-state index contributed by atoms with van der Waals surface area (Å²) in [7, 11) is 0. The molecular formula is C22H29N3O2. The average Bonchev–Trinajstić information content (AvgIpc) is 2.65. The average molecular weight is 367 g/mol. The van der Waals surface area contributed by atoms with Gasteiger partial charge in [-0.2, -0.15) is 0 Å². The predicted octanol–water partition coefficient (Wildman–Crippen LogP) is 4.66. The van der Waals surface area contributed by atoms with E-state index in [4.69, 9.17) is 0 Å². The van der Waals surface area contributed by atoms with Crippen LogP contribution in [0.3, 0.4) is 0 Å². The first kappa shape index (κ1) is 20.5. The highest BCUT2D eigenvalue weighted by atomic mass is 16.2. The molecule has 1 atom stereocenters. The summed E-state index contributed by atoms with van der Waals surface area (Å²) in [5.41, 5.74) is 2.26. The Morgan fingerprint density at radius 1 is 1.00 bits per heavy atom. The topological polar surface area (TPSA) is 61.4 Å². The van der Waals surface area contributed by atoms with E-state index in [1.807, 2.05) is 49.1 Å². The van der Waals surface area contributed by atoms with Crippen molar-refractivity contribution >= 4 is 17.6 Å². The standard InChI is InChI=1S/C22H29N3O2/c1-5-17(4)25(15-18-10-7-6-8-11-18)21(26)19-12-9-13-20(14-19)24-22(27)23-16(2)3/h6-14,16-17H,5,15H2,1-4H3,(H2,23,24,27). The molecule has 0 radical (unpaired) electrons. The molecule has 0 bridgehead atoms. The summed E-state index contributed by atoms with van der Waals surface area (Å²) < 4.78 is 0. The van der Waals surface area contributed by atoms with Gasteiger partial charge in [-0.25, -0.2) is 4.79 Å². The lowest BCUT2D eigenvalue weighted by atomic mass is 10.1. The van der Waals surface area contributed by atoms with E-state index in [2.05, 4.69) is 24.5 Å². The molecule has 0 fully saturated rings. The lowest BCUT2D eigenvalue weighted by Gasteiger charge is -2.29. The Morgan fingerprint density at radius 2 is 1.70 bits per heavy atom. The van der Waals surface area contributed by atoms with Crippen molar-refractivity contribution in [3.05, 3.63) is 65.7 Å². The van der Waals surface area contributed by atoms with Crippen LogP contribution in [-0.2, 0) is 6.54 Å². The molecule has 27 heavy (non-hydrogen) atoms. The highest BCUT2D eigenvalue weighted by Gasteiger charge is 2.21. The maximum absolute atomic E-state index is 13.2. The molecule has 2 aromatic carbocycles. The van der Waals surface area contributed by atoms with Crippen LogP contribution in [0.25, 0.3) is 0 Å². The highest BCUT2D eigenvalue weighted by molar-refractivity contribution is 5.97. The number of urea groups is 1. The number of carbonyl (C=O) groups excluding carboxylic acids is 2. The van der Waals surface area contributed by atoms with E-state index in [-0.39, 0.29) is 24.0 Å². The second-order valence-electron chi connectivity index (χ2n) is 7.01. The molecule has 2 N–H and O–H groups in total. The molecular weight excluding hydrogens is 338 g/mol. The summed E-state index contributed by atoms with van der Waals surface area (Å²) in [6.07, 6.45) is 0.868. The number of benzene rings is 2. The second-order valence-corrected chi connectivity index (χ2v) is 7.01. The number of rotatable bonds is 7. The Hall–Kier alpha value is -2.82. The van der Waals surface area contributed by atoms with Crippen molar-refractivity contribution in [1.82, 2.24) is 10.2 Å². The normalized spacial score (nSPS) is 11.7. The van der Waals surface area contributed by atoms with Gasteiger partial charge in [-0.1, -0.05) is 43.3 Å². The molecule has 5 nitrogen and oxygen atoms in total. The molecule has 2 aromatic rings. The quantitative estimate of drug-likeness (QED) is 0.748. The van der Waals surface area contributed by atoms with Gasteiger partial charge in [-0.15, -0.1) is 0 Å². The first-order valence-corrected chi connectivity index (χ1v) is 9.43. The Bertz CT molecular complexity index is 759. The van der Waals surface area contributed by atoms with Gasteiger partial charge in [0.05, 0.1) is 0 Å². The summed E-state index contributed by atoms with van der Waals surface area (Å²) in [5.74, 6) is -0.0406. The predicted molar refractivity (Wildman–Crippen MR) is 110 cm³/mol. The fourth-order valence-electron chi connectivity index (χ4n) is 2.75. The smallest absolute Gasteiger partial charge is 0.319 e. The van der Waals surface area contributed by atoms with E-state index in [0.717, 1.165) is 12.0 Å². The molecule has 3 amide bonds. The summed E-state index contributed by atoms with van der Waals surface area (Å²) in [5, 5.41) is 5.56. The number of nitrogens with one attached hydrogen (secondary N) is 2. The number of hydrogen-bond acceptors (Lipinski definition) is 2. The lowest BCUT2D eigenvalue weighted by Crippen LogP contribution is -2.38. The van der Waals surface area contributed by atoms with E-state index in [9.17, 15) is 9.59 Å². The highest BCUT2D eigenvalue weighted by Crippen LogP contribution is 2.18. The van der Waals surface area contributed by atoms with Crippen LogP contribution < -0.4 is 10.6 Å². The summed E-state index contributed by atoms with van der Waals surface area (Å²) in [6, 6.07) is 16.9. The van der Waals surface area contributed by atoms with Gasteiger partial charge in [0, 0.05) is 29.9 Å². The lowest BCUT2D eigenvalue weighted by molar-refractivity contribution is 0.0671. The molecule has 0 aliphatic heterocycles. The first-order chi connectivity index (χ1) is 12.9. The van der Waals surface area contributed by atoms with Crippen molar-refractivity contribution in [1.29, 1.82) is 0 Å². The fraction of sp³-hybridized carbons (Fsp3) is 0.364. The van der Waals surface area contributed by atoms with Crippen molar-refractivity contribution in [2.24, 2.45) is 0 Å². The van der Waals surface area contributed by atoms with E-state index in [1.54, 1.807) is 24.3 Å². The molecule has 0 saturated heterocycles. The van der Waals surface area contributed by atoms with Gasteiger partial charge in [-0.05, 0) is 51.0 Å². The maximum atomic E-state index is 13.2. The summed E-state index contributed by atoms with van der Waals surface area (Å²) in [6.45, 7) is 8.48. The molecule has 0 heterocycles. The number of hydrogen-bond donors (Lipinski definition) is 2. The minimum atomic E-state index is -0.280. The van der Waals surface area contributed by atoms with Crippen LogP contribution in [0.2, 0.25) is 0 Å². The van der Waals surface area contributed by atoms with Crippen molar-refractivity contribution in [2.45, 2.75) is 52.7 Å². The van der Waals surface area contributed by atoms with Gasteiger partial charge in [0.1, 0.15) is 0 Å². The number of carbonyl (C=O) groups is 2. The minimum absolute atomic E-state index is 0.0406. The molecule has 0 spiro atoms. The van der Waals surface area contributed by atoms with Gasteiger partial charge >= 0.3 is 6.03 Å². The fourth-order valence-corrected chi connectivity index (χ4v) is 2.75. The summed E-state index contributed by atoms with van der Waals surface area (Å²) >= 11 is 0. The monoisotopic (exact) mass is 367 g/mol. The van der Waals surface area contributed by atoms with Crippen LogP contribution in [0.4, 0.5) is 10.5 Å². The molecule has 1 unspecified atom stereocenters. The van der Waals surface area contributed by atoms with Crippen molar-refractivity contribution in [3.8, 4) is 0 Å². The van der Waals surface area contributed by atoms with E-state index < -0.39 is 0 Å². The van der Waals surface area contributed by atoms with Crippen LogP contribution >= 0.6 is 0 Å². The van der Waals surface area contributed by atoms with Crippen molar-refractivity contribution < 1.29 is 9.59 Å². The third kappa shape index (κ3) is 6.13. The number of nitrogens with zero attached hydrogens (tertiary/aromatic N) is 1. The Balaban J connectivity index is 2.19. The first-order valence-electron chi connectivity index (χ1n) is 9.43. The van der Waals surface area contributed by atoms with Crippen LogP contribution in [0.15, 0.2) is 54.6 Å². The van der Waals surface area contributed by atoms with Gasteiger partial charge in [-0.3, -0.25) is 4.79 Å². The van der Waals surface area contributed by atoms with Crippen molar-refractivity contribution in [3.63, 3.8) is 0 Å². The molecule has 2 rings (SSSR count). The molecule has 5 heteroatoms. The Morgan fingerprint density at radius 3 is 2.33 bits per heavy atom. The van der Waals surface area contributed by atoms with Gasteiger partial charge in [0.2, 0.25) is 0 Å². The maximum Gasteiger partial charge on any atom is 0.319 e. The van der Waals surface area contributed by atoms with Gasteiger partial charge in [0.15, 0.2) is 0 Å². The Labute approximate surface area is 161 Å². The second kappa shape index (κ2) is 9.76. The van der Waals surface area contributed by atoms with Crippen LogP contribution in [-0.4, -0.2) is 28.9 Å². The molecule has 0 aromatic heterocycles. The van der Waals surface area contributed by atoms with Crippen LogP contribution in [0, 0.1) is 0 Å². The van der Waals surface area contributed by atoms with E-state index >= 15 is 0 Å². The van der Waals surface area contributed by atoms with Crippen molar-refractivity contribution in [2.75, 3.05) is 5.32 Å². The zero-order valence-electron chi connectivity index (χ0n) is 16.5. The van der Waals surface area contributed by atoms with E-state index in [1.165, 1.54) is 0 Å². The number of amides is 3. The third-order valence-electron chi connectivity index (χ3n) is 4.37. The Kier molecular flexibility index (Phi) is 7.41. The van der Waals surface area contributed by atoms with Gasteiger partial charge in [0.25, 0.3) is 5.91 Å². The molecule has 144 valence electrons. The van der Waals surface area contributed by atoms with Crippen LogP contribution in [0.1, 0.15) is 50.0 Å². The van der Waals surface area contributed by atoms with Crippen LogP contribution in [0.5, 0.6) is 0 Å². The van der Waals surface area contributed by atoms with Gasteiger partial charge < -0.3 is 15.5 Å². The molecule has 0 aliphatic rings. The zero-order valence-corrected chi connectivity index (χ0v) is 16.5. The minimum Gasteiger partial charge on any atom is -0.336 e. The molecule has 0 aliphatic carbocycles. The molecule has 0 saturated carbocycles. The van der Waals surface area contributed by atoms with E-state index in [0.29, 0.717) is 17.8 Å². The SMILES string of the molecule is CCC(C)N(Cc1ccccc1)C(=O)c1cccc(NC(=O)NC(C)C)c1. The summed E-state index contributed by atoms with van der Waals surface area (Å²) in [4.78, 5) is 27.0.